The third-order valence-electron chi connectivity index (χ3n) is 6.81. The first-order valence-corrected chi connectivity index (χ1v) is 8.55. The molecule has 4 rings (SSSR count). The van der Waals surface area contributed by atoms with Gasteiger partial charge in [0.1, 0.15) is 5.78 Å². The quantitative estimate of drug-likeness (QED) is 0.719. The molecule has 3 heteroatoms. The van der Waals surface area contributed by atoms with Gasteiger partial charge in [0, 0.05) is 25.4 Å². The molecule has 2 fully saturated rings. The maximum Gasteiger partial charge on any atom is 0.137 e. The summed E-state index contributed by atoms with van der Waals surface area (Å²) in [6.45, 7) is 7.50. The van der Waals surface area contributed by atoms with Crippen LogP contribution in [0.3, 0.4) is 0 Å². The van der Waals surface area contributed by atoms with Crippen LogP contribution in [0.15, 0.2) is 11.1 Å². The number of ketones is 1. The number of allylic oxidation sites excluding steroid dienone is 1. The molecular formula is C18H28ClNO. The van der Waals surface area contributed by atoms with Gasteiger partial charge in [0.2, 0.25) is 0 Å². The van der Waals surface area contributed by atoms with Crippen molar-refractivity contribution in [3.8, 4) is 0 Å². The summed E-state index contributed by atoms with van der Waals surface area (Å²) in [7, 11) is 0. The summed E-state index contributed by atoms with van der Waals surface area (Å²) in [4.78, 5) is 14.7. The van der Waals surface area contributed by atoms with Gasteiger partial charge >= 0.3 is 0 Å². The number of rotatable bonds is 2. The van der Waals surface area contributed by atoms with Crippen molar-refractivity contribution in [2.75, 3.05) is 13.1 Å². The van der Waals surface area contributed by atoms with Crippen LogP contribution in [0.5, 0.6) is 0 Å². The summed E-state index contributed by atoms with van der Waals surface area (Å²) in [5, 5.41) is 0. The van der Waals surface area contributed by atoms with E-state index >= 15 is 0 Å². The van der Waals surface area contributed by atoms with E-state index in [1.807, 2.05) is 0 Å². The lowest BCUT2D eigenvalue weighted by molar-refractivity contribution is -0.119. The maximum absolute atomic E-state index is 11.9. The molecule has 0 amide bonds. The number of fused-ring (bicyclic) bond motifs is 3. The topological polar surface area (TPSA) is 20.3 Å². The van der Waals surface area contributed by atoms with Crippen LogP contribution >= 0.6 is 12.4 Å². The Balaban J connectivity index is 0.00000132. The lowest BCUT2D eigenvalue weighted by atomic mass is 9.56. The highest BCUT2D eigenvalue weighted by Gasteiger charge is 2.50. The van der Waals surface area contributed by atoms with Gasteiger partial charge in [-0.3, -0.25) is 9.69 Å². The molecule has 1 heterocycles. The SMILES string of the molecule is C[C@@H]1[C@H]2CC3=C(CC(=O)CC3)[C@]1(C)CCN2CC1CC1.Cl. The number of carbonyl (C=O) groups is 1. The third kappa shape index (κ3) is 2.49. The Morgan fingerprint density at radius 2 is 2.05 bits per heavy atom. The minimum absolute atomic E-state index is 0. The number of Topliss-reactive ketones (excluding diaryl/α,β-unsaturated/α-hetero) is 1. The second-order valence-electron chi connectivity index (χ2n) is 7.96. The van der Waals surface area contributed by atoms with Gasteiger partial charge in [-0.25, -0.2) is 0 Å². The van der Waals surface area contributed by atoms with E-state index in [1.54, 1.807) is 11.1 Å². The number of carbonyl (C=O) groups excluding carboxylic acids is 1. The van der Waals surface area contributed by atoms with Crippen molar-refractivity contribution >= 4 is 18.2 Å². The summed E-state index contributed by atoms with van der Waals surface area (Å²) < 4.78 is 0. The number of hydrogen-bond donors (Lipinski definition) is 0. The van der Waals surface area contributed by atoms with E-state index < -0.39 is 0 Å². The highest BCUT2D eigenvalue weighted by Crippen LogP contribution is 2.55. The molecule has 1 saturated carbocycles. The first kappa shape index (κ1) is 15.6. The van der Waals surface area contributed by atoms with Gasteiger partial charge in [0.15, 0.2) is 0 Å². The number of likely N-dealkylation sites (tertiary alicyclic amines) is 1. The smallest absolute Gasteiger partial charge is 0.137 e. The molecular weight excluding hydrogens is 282 g/mol. The van der Waals surface area contributed by atoms with E-state index in [0.717, 1.165) is 37.1 Å². The van der Waals surface area contributed by atoms with E-state index in [1.165, 1.54) is 38.8 Å². The molecule has 4 aliphatic rings. The Morgan fingerprint density at radius 3 is 2.76 bits per heavy atom. The molecule has 2 bridgehead atoms. The Kier molecular flexibility index (Phi) is 3.99. The lowest BCUT2D eigenvalue weighted by Crippen LogP contribution is -2.56. The zero-order chi connectivity index (χ0) is 13.9. The number of hydrogen-bond acceptors (Lipinski definition) is 2. The van der Waals surface area contributed by atoms with Crippen LogP contribution in [0.1, 0.15) is 58.8 Å². The molecule has 0 aromatic carbocycles. The van der Waals surface area contributed by atoms with Crippen molar-refractivity contribution in [2.24, 2.45) is 17.3 Å². The largest absolute Gasteiger partial charge is 0.299 e. The molecule has 0 radical (unpaired) electrons. The summed E-state index contributed by atoms with van der Waals surface area (Å²) in [5.41, 5.74) is 3.54. The van der Waals surface area contributed by atoms with Gasteiger partial charge in [-0.1, -0.05) is 25.0 Å². The Bertz CT molecular complexity index is 482. The summed E-state index contributed by atoms with van der Waals surface area (Å²) in [6, 6.07) is 0.751. The molecule has 0 N–H and O–H groups in total. The number of piperidine rings is 1. The van der Waals surface area contributed by atoms with Crippen LogP contribution in [-0.2, 0) is 4.79 Å². The summed E-state index contributed by atoms with van der Waals surface area (Å²) in [5.74, 6) is 2.20. The fraction of sp³-hybridized carbons (Fsp3) is 0.833. The van der Waals surface area contributed by atoms with Crippen molar-refractivity contribution in [1.29, 1.82) is 0 Å². The van der Waals surface area contributed by atoms with Gasteiger partial charge in [-0.2, -0.15) is 0 Å². The van der Waals surface area contributed by atoms with E-state index in [0.29, 0.717) is 11.2 Å². The Labute approximate surface area is 134 Å². The molecule has 21 heavy (non-hydrogen) atoms. The number of halogens is 1. The van der Waals surface area contributed by atoms with Crippen LogP contribution in [-0.4, -0.2) is 29.8 Å². The molecule has 3 aliphatic carbocycles. The van der Waals surface area contributed by atoms with Gasteiger partial charge in [-0.05, 0) is 55.9 Å². The van der Waals surface area contributed by atoms with Crippen LogP contribution < -0.4 is 0 Å². The molecule has 0 unspecified atom stereocenters. The van der Waals surface area contributed by atoms with Crippen molar-refractivity contribution in [3.05, 3.63) is 11.1 Å². The highest BCUT2D eigenvalue weighted by molar-refractivity contribution is 5.85. The fourth-order valence-electron chi connectivity index (χ4n) is 5.04. The van der Waals surface area contributed by atoms with Crippen molar-refractivity contribution < 1.29 is 4.79 Å². The van der Waals surface area contributed by atoms with E-state index in [-0.39, 0.29) is 12.4 Å². The average molecular weight is 310 g/mol. The monoisotopic (exact) mass is 309 g/mol. The molecule has 118 valence electrons. The summed E-state index contributed by atoms with van der Waals surface area (Å²) in [6.07, 6.45) is 8.07. The number of nitrogens with zero attached hydrogens (tertiary/aromatic N) is 1. The van der Waals surface area contributed by atoms with Gasteiger partial charge < -0.3 is 0 Å². The predicted octanol–water partition coefficient (Wildman–Crippen LogP) is 3.99. The molecule has 3 atom stereocenters. The van der Waals surface area contributed by atoms with Gasteiger partial charge in [0.05, 0.1) is 0 Å². The van der Waals surface area contributed by atoms with Crippen molar-refractivity contribution in [3.63, 3.8) is 0 Å². The van der Waals surface area contributed by atoms with Crippen LogP contribution in [0.4, 0.5) is 0 Å². The zero-order valence-corrected chi connectivity index (χ0v) is 14.2. The Hall–Kier alpha value is -0.340. The third-order valence-corrected chi connectivity index (χ3v) is 6.81. The molecule has 0 spiro atoms. The predicted molar refractivity (Wildman–Crippen MR) is 87.7 cm³/mol. The standard InChI is InChI=1S/C18H27NO.ClH/c1-12-17-9-14-5-6-15(20)10-16(14)18(12,2)7-8-19(17)11-13-3-4-13;/h12-13,17H,3-11H2,1-2H3;1H/t12-,17-,18-;/m1./s1. The van der Waals surface area contributed by atoms with E-state index in [9.17, 15) is 4.79 Å². The second kappa shape index (κ2) is 5.38. The van der Waals surface area contributed by atoms with Crippen LogP contribution in [0.2, 0.25) is 0 Å². The van der Waals surface area contributed by atoms with Crippen LogP contribution in [0.25, 0.3) is 0 Å². The zero-order valence-electron chi connectivity index (χ0n) is 13.4. The fourth-order valence-corrected chi connectivity index (χ4v) is 5.04. The first-order chi connectivity index (χ1) is 9.58. The highest BCUT2D eigenvalue weighted by atomic mass is 35.5. The molecule has 2 nitrogen and oxygen atoms in total. The van der Waals surface area contributed by atoms with Gasteiger partial charge in [0.25, 0.3) is 0 Å². The molecule has 0 aromatic rings. The minimum atomic E-state index is 0. The summed E-state index contributed by atoms with van der Waals surface area (Å²) >= 11 is 0. The van der Waals surface area contributed by atoms with Crippen LogP contribution in [0, 0.1) is 17.3 Å². The normalized spacial score (nSPS) is 39.8. The second-order valence-corrected chi connectivity index (χ2v) is 7.96. The van der Waals surface area contributed by atoms with Crippen molar-refractivity contribution in [1.82, 2.24) is 4.90 Å². The lowest BCUT2D eigenvalue weighted by Gasteiger charge is -2.56. The minimum Gasteiger partial charge on any atom is -0.299 e. The molecule has 0 aromatic heterocycles. The average Bonchev–Trinajstić information content (AvgIpc) is 3.22. The maximum atomic E-state index is 11.9. The van der Waals surface area contributed by atoms with Gasteiger partial charge in [-0.15, -0.1) is 12.4 Å². The van der Waals surface area contributed by atoms with E-state index in [4.69, 9.17) is 0 Å². The van der Waals surface area contributed by atoms with E-state index in [2.05, 4.69) is 18.7 Å². The first-order valence-electron chi connectivity index (χ1n) is 8.55. The molecule has 1 aliphatic heterocycles. The van der Waals surface area contributed by atoms with Crippen molar-refractivity contribution in [2.45, 2.75) is 64.8 Å². The molecule has 1 saturated heterocycles. The Morgan fingerprint density at radius 1 is 1.29 bits per heavy atom.